The van der Waals surface area contributed by atoms with Crippen molar-refractivity contribution in [2.45, 2.75) is 32.6 Å². The fraction of sp³-hybridized carbons (Fsp3) is 0.343. The topological polar surface area (TPSA) is 131 Å². The summed E-state index contributed by atoms with van der Waals surface area (Å²) in [5, 5.41) is 20.3. The highest BCUT2D eigenvalue weighted by molar-refractivity contribution is 7.22. The number of methoxy groups -OCH3 is 1. The van der Waals surface area contributed by atoms with Gasteiger partial charge < -0.3 is 9.84 Å². The largest absolute Gasteiger partial charge is 0.504 e. The zero-order valence-corrected chi connectivity index (χ0v) is 27.6. The number of thiophene rings is 1. The zero-order valence-electron chi connectivity index (χ0n) is 26.0. The average Bonchev–Trinajstić information content (AvgIpc) is 3.72. The van der Waals surface area contributed by atoms with E-state index in [1.165, 1.54) is 12.0 Å². The predicted molar refractivity (Wildman–Crippen MR) is 176 cm³/mol. The van der Waals surface area contributed by atoms with E-state index in [1.54, 1.807) is 54.3 Å². The van der Waals surface area contributed by atoms with Crippen molar-refractivity contribution in [1.29, 1.82) is 0 Å². The number of phenolic OH excluding ortho intramolecular Hbond substituents is 1. The summed E-state index contributed by atoms with van der Waals surface area (Å²) < 4.78 is 8.03. The molecular weight excluding hydrogens is 640 g/mol. The van der Waals surface area contributed by atoms with Crippen LogP contribution >= 0.6 is 22.9 Å². The van der Waals surface area contributed by atoms with Gasteiger partial charge in [-0.1, -0.05) is 35.4 Å². The summed E-state index contributed by atoms with van der Waals surface area (Å²) in [6.07, 6.45) is 2.48. The molecule has 2 aromatic heterocycles. The number of anilines is 1. The number of halogens is 1. The van der Waals surface area contributed by atoms with Gasteiger partial charge in [-0.25, -0.2) is 4.90 Å². The first-order valence-corrected chi connectivity index (χ1v) is 16.7. The molecule has 4 aromatic rings. The number of hydrogen-bond donors (Lipinski definition) is 2. The van der Waals surface area contributed by atoms with Crippen LogP contribution in [0.1, 0.15) is 36.8 Å². The van der Waals surface area contributed by atoms with Crippen LogP contribution in [0.25, 0.3) is 20.7 Å². The van der Waals surface area contributed by atoms with Crippen molar-refractivity contribution in [1.82, 2.24) is 15.1 Å². The quantitative estimate of drug-likeness (QED) is 0.217. The highest BCUT2D eigenvalue weighted by Crippen LogP contribution is 2.64. The van der Waals surface area contributed by atoms with Crippen LogP contribution in [0.2, 0.25) is 5.02 Å². The van der Waals surface area contributed by atoms with Crippen molar-refractivity contribution < 1.29 is 29.0 Å². The molecule has 4 amide bonds. The fourth-order valence-corrected chi connectivity index (χ4v) is 9.96. The molecule has 0 radical (unpaired) electrons. The van der Waals surface area contributed by atoms with Gasteiger partial charge >= 0.3 is 0 Å². The molecule has 0 spiro atoms. The number of nitrogens with zero attached hydrogens (tertiary/aromatic N) is 3. The third-order valence-corrected chi connectivity index (χ3v) is 12.4. The maximum absolute atomic E-state index is 14.9. The Morgan fingerprint density at radius 1 is 1.11 bits per heavy atom. The number of carbonyl (C=O) groups excluding carboxylic acids is 4. The van der Waals surface area contributed by atoms with Crippen molar-refractivity contribution in [2.24, 2.45) is 36.1 Å². The second-order valence-corrected chi connectivity index (χ2v) is 14.6. The maximum Gasteiger partial charge on any atom is 0.242 e. The fourth-order valence-electron chi connectivity index (χ4n) is 8.64. The summed E-state index contributed by atoms with van der Waals surface area (Å²) in [6.45, 7) is 3.78. The molecule has 2 aliphatic carbocycles. The Morgan fingerprint density at radius 3 is 2.66 bits per heavy atom. The molecule has 0 bridgehead atoms. The molecule has 1 saturated carbocycles. The number of phenols is 1. The number of imide groups is 2. The first-order chi connectivity index (χ1) is 22.4. The molecule has 4 heterocycles. The van der Waals surface area contributed by atoms with E-state index in [1.807, 2.05) is 31.2 Å². The smallest absolute Gasteiger partial charge is 0.242 e. The van der Waals surface area contributed by atoms with Crippen molar-refractivity contribution in [3.63, 3.8) is 0 Å². The van der Waals surface area contributed by atoms with Gasteiger partial charge in [-0.05, 0) is 67.8 Å². The van der Waals surface area contributed by atoms with E-state index < -0.39 is 46.8 Å². The van der Waals surface area contributed by atoms with Gasteiger partial charge in [-0.3, -0.25) is 29.2 Å². The number of amides is 4. The molecule has 3 fully saturated rings. The average molecular weight is 671 g/mol. The summed E-state index contributed by atoms with van der Waals surface area (Å²) in [5.74, 6) is -4.31. The standard InChI is InChI=1S/C35H31ClN4O6S/c1-15-20-12-16(36)8-11-25(20)47-30(15)23-14-26(39(3)38-23)40-33(44)22-13-21-17(9-10-18-27(21)32(43)37-31(18)42)28(35(22,2)34(40)45)19-6-5-7-24(46-4)29(19)41/h5-9,11-12,14,18,21-22,27-28,41H,10,13H2,1-4H3,(H,37,42,43). The minimum absolute atomic E-state index is 0.127. The second kappa shape index (κ2) is 10.3. The van der Waals surface area contributed by atoms with Gasteiger partial charge in [0.2, 0.25) is 23.6 Å². The molecule has 4 aliphatic rings. The van der Waals surface area contributed by atoms with Crippen LogP contribution in [0.3, 0.4) is 0 Å². The third kappa shape index (κ3) is 3.99. The van der Waals surface area contributed by atoms with E-state index in [0.717, 1.165) is 26.1 Å². The van der Waals surface area contributed by atoms with Crippen molar-refractivity contribution in [3.05, 3.63) is 70.3 Å². The van der Waals surface area contributed by atoms with Gasteiger partial charge in [-0.2, -0.15) is 5.10 Å². The molecular formula is C35H31ClN4O6S. The Labute approximate surface area is 278 Å². The first kappa shape index (κ1) is 29.9. The lowest BCUT2D eigenvalue weighted by Crippen LogP contribution is -2.48. The lowest BCUT2D eigenvalue weighted by atomic mass is 9.51. The van der Waals surface area contributed by atoms with Crippen LogP contribution < -0.4 is 15.0 Å². The van der Waals surface area contributed by atoms with E-state index in [2.05, 4.69) is 5.32 Å². The Balaban J connectivity index is 1.27. The molecule has 8 rings (SSSR count). The van der Waals surface area contributed by atoms with Gasteiger partial charge in [0.15, 0.2) is 11.5 Å². The van der Waals surface area contributed by atoms with Crippen LogP contribution in [0.15, 0.2) is 54.1 Å². The number of para-hydroxylation sites is 1. The van der Waals surface area contributed by atoms with E-state index in [9.17, 15) is 24.3 Å². The van der Waals surface area contributed by atoms with E-state index in [0.29, 0.717) is 28.5 Å². The minimum Gasteiger partial charge on any atom is -0.504 e. The van der Waals surface area contributed by atoms with Gasteiger partial charge in [0.25, 0.3) is 0 Å². The third-order valence-electron chi connectivity index (χ3n) is 10.9. The molecule has 6 unspecified atom stereocenters. The van der Waals surface area contributed by atoms with Crippen LogP contribution in [-0.4, -0.2) is 45.6 Å². The number of fused-ring (bicyclic) bond motifs is 5. The Hall–Kier alpha value is -4.48. The summed E-state index contributed by atoms with van der Waals surface area (Å²) in [4.78, 5) is 57.5. The number of nitrogens with one attached hydrogen (secondary N) is 1. The van der Waals surface area contributed by atoms with Crippen LogP contribution in [0.5, 0.6) is 11.5 Å². The molecule has 6 atom stereocenters. The number of aromatic hydroxyl groups is 1. The van der Waals surface area contributed by atoms with Gasteiger partial charge in [0.05, 0.1) is 35.2 Å². The van der Waals surface area contributed by atoms with Gasteiger partial charge in [-0.15, -0.1) is 11.3 Å². The van der Waals surface area contributed by atoms with Crippen molar-refractivity contribution >= 4 is 62.5 Å². The summed E-state index contributed by atoms with van der Waals surface area (Å²) in [7, 11) is 3.15. The van der Waals surface area contributed by atoms with Crippen molar-refractivity contribution in [3.8, 4) is 22.1 Å². The number of rotatable bonds is 4. The molecule has 2 aliphatic heterocycles. The summed E-state index contributed by atoms with van der Waals surface area (Å²) in [6, 6.07) is 12.6. The Bertz CT molecular complexity index is 2120. The van der Waals surface area contributed by atoms with Gasteiger partial charge in [0, 0.05) is 34.3 Å². The number of benzene rings is 2. The number of ether oxygens (including phenoxy) is 1. The molecule has 2 saturated heterocycles. The highest BCUT2D eigenvalue weighted by Gasteiger charge is 2.67. The minimum atomic E-state index is -1.32. The van der Waals surface area contributed by atoms with E-state index in [4.69, 9.17) is 21.4 Å². The van der Waals surface area contributed by atoms with Crippen molar-refractivity contribution in [2.75, 3.05) is 12.0 Å². The van der Waals surface area contributed by atoms with Crippen LogP contribution in [-0.2, 0) is 26.2 Å². The van der Waals surface area contributed by atoms with Crippen LogP contribution in [0.4, 0.5) is 5.82 Å². The maximum atomic E-state index is 14.9. The normalized spacial score (nSPS) is 28.3. The second-order valence-electron chi connectivity index (χ2n) is 13.1. The lowest BCUT2D eigenvalue weighted by molar-refractivity contribution is -0.131. The Morgan fingerprint density at radius 2 is 1.89 bits per heavy atom. The molecule has 2 aromatic carbocycles. The molecule has 2 N–H and O–H groups in total. The monoisotopic (exact) mass is 670 g/mol. The predicted octanol–water partition coefficient (Wildman–Crippen LogP) is 5.50. The first-order valence-electron chi connectivity index (χ1n) is 15.5. The Kier molecular flexibility index (Phi) is 6.52. The van der Waals surface area contributed by atoms with E-state index >= 15 is 0 Å². The zero-order chi connectivity index (χ0) is 33.1. The molecule has 12 heteroatoms. The lowest BCUT2D eigenvalue weighted by Gasteiger charge is -2.49. The summed E-state index contributed by atoms with van der Waals surface area (Å²) >= 11 is 7.84. The van der Waals surface area contributed by atoms with E-state index in [-0.39, 0.29) is 29.7 Å². The SMILES string of the molecule is COc1cccc(C2C3=CCC4C(=O)NC(=O)C4C3CC3C(=O)N(c4cc(-c5sc6ccc(Cl)cc6c5C)nn4C)C(=O)C32C)c1O. The summed E-state index contributed by atoms with van der Waals surface area (Å²) in [5.41, 5.74) is 1.53. The van der Waals surface area contributed by atoms with Gasteiger partial charge in [0.1, 0.15) is 11.5 Å². The van der Waals surface area contributed by atoms with Crippen LogP contribution in [0, 0.1) is 36.0 Å². The number of carbonyl (C=O) groups is 4. The molecule has 47 heavy (non-hydrogen) atoms. The number of aromatic nitrogens is 2. The number of hydrogen-bond acceptors (Lipinski definition) is 8. The molecule has 10 nitrogen and oxygen atoms in total. The number of aryl methyl sites for hydroxylation is 2. The number of allylic oxidation sites excluding steroid dienone is 2. The molecule has 240 valence electrons. The highest BCUT2D eigenvalue weighted by atomic mass is 35.5.